The maximum atomic E-state index is 13.3. The van der Waals surface area contributed by atoms with Gasteiger partial charge in [0.25, 0.3) is 5.91 Å². The van der Waals surface area contributed by atoms with Crippen LogP contribution < -0.4 is 5.32 Å². The van der Waals surface area contributed by atoms with Crippen LogP contribution in [0.3, 0.4) is 0 Å². The summed E-state index contributed by atoms with van der Waals surface area (Å²) in [6, 6.07) is 16.0. The maximum absolute atomic E-state index is 13.3. The Morgan fingerprint density at radius 3 is 2.58 bits per heavy atom. The molecule has 0 unspecified atom stereocenters. The fourth-order valence-electron chi connectivity index (χ4n) is 4.28. The first-order valence-electron chi connectivity index (χ1n) is 10.9. The number of carbonyl (C=O) groups excluding carboxylic acids is 1. The number of benzene rings is 1. The summed E-state index contributed by atoms with van der Waals surface area (Å²) in [5, 5.41) is 8.60. The number of hydrogen-bond donors (Lipinski definition) is 1. The molecule has 6 heteroatoms. The minimum Gasteiger partial charge on any atom is -0.349 e. The van der Waals surface area contributed by atoms with E-state index in [-0.39, 0.29) is 11.9 Å². The standard InChI is InChI=1S/C25H25N5O/c31-25(28-20-9-5-2-6-10-20)21-15-23(19-7-3-1-4-8-19)29-24-22(21)16-27-30(24)17-18-11-13-26-14-12-18/h1,3-4,7-8,11-16,20H,2,5-6,9-10,17H2,(H,28,31). The Morgan fingerprint density at radius 1 is 1.03 bits per heavy atom. The molecule has 156 valence electrons. The summed E-state index contributed by atoms with van der Waals surface area (Å²) in [4.78, 5) is 22.3. The minimum atomic E-state index is -0.0417. The Bertz CT molecular complexity index is 1180. The van der Waals surface area contributed by atoms with E-state index in [1.807, 2.05) is 53.2 Å². The quantitative estimate of drug-likeness (QED) is 0.521. The first-order valence-corrected chi connectivity index (χ1v) is 10.9. The molecule has 1 fully saturated rings. The van der Waals surface area contributed by atoms with Crippen LogP contribution in [0.25, 0.3) is 22.3 Å². The van der Waals surface area contributed by atoms with Crippen molar-refractivity contribution in [3.8, 4) is 11.3 Å². The van der Waals surface area contributed by atoms with Crippen LogP contribution >= 0.6 is 0 Å². The molecule has 5 rings (SSSR count). The van der Waals surface area contributed by atoms with Crippen molar-refractivity contribution in [3.63, 3.8) is 0 Å². The molecule has 4 aromatic rings. The number of aromatic nitrogens is 4. The molecule has 0 saturated heterocycles. The number of carbonyl (C=O) groups is 1. The average Bonchev–Trinajstić information content (AvgIpc) is 3.23. The van der Waals surface area contributed by atoms with Gasteiger partial charge < -0.3 is 5.32 Å². The van der Waals surface area contributed by atoms with Crippen molar-refractivity contribution in [2.75, 3.05) is 0 Å². The topological polar surface area (TPSA) is 72.7 Å². The third-order valence-corrected chi connectivity index (χ3v) is 5.95. The van der Waals surface area contributed by atoms with Crippen molar-refractivity contribution in [1.82, 2.24) is 25.1 Å². The second-order valence-corrected chi connectivity index (χ2v) is 8.12. The molecule has 0 aliphatic heterocycles. The van der Waals surface area contributed by atoms with E-state index in [0.29, 0.717) is 17.8 Å². The van der Waals surface area contributed by atoms with E-state index in [4.69, 9.17) is 4.98 Å². The first-order chi connectivity index (χ1) is 15.3. The number of amides is 1. The zero-order valence-corrected chi connectivity index (χ0v) is 17.4. The number of nitrogens with zero attached hydrogens (tertiary/aromatic N) is 4. The van der Waals surface area contributed by atoms with Crippen molar-refractivity contribution in [2.24, 2.45) is 0 Å². The predicted molar refractivity (Wildman–Crippen MR) is 121 cm³/mol. The molecule has 0 radical (unpaired) electrons. The Balaban J connectivity index is 1.57. The SMILES string of the molecule is O=C(NC1CCCCC1)c1cc(-c2ccccc2)nc2c1cnn2Cc1ccncc1. The van der Waals surface area contributed by atoms with Crippen LogP contribution in [0.4, 0.5) is 0 Å². The van der Waals surface area contributed by atoms with Gasteiger partial charge in [-0.2, -0.15) is 5.10 Å². The second-order valence-electron chi connectivity index (χ2n) is 8.12. The van der Waals surface area contributed by atoms with Crippen molar-refractivity contribution in [3.05, 3.63) is 78.2 Å². The van der Waals surface area contributed by atoms with Gasteiger partial charge in [0.2, 0.25) is 0 Å². The maximum Gasteiger partial charge on any atom is 0.252 e. The number of nitrogens with one attached hydrogen (secondary N) is 1. The van der Waals surface area contributed by atoms with Gasteiger partial charge in [-0.15, -0.1) is 0 Å². The molecule has 1 amide bonds. The highest BCUT2D eigenvalue weighted by molar-refractivity contribution is 6.06. The molecule has 31 heavy (non-hydrogen) atoms. The van der Waals surface area contributed by atoms with Crippen molar-refractivity contribution in [2.45, 2.75) is 44.7 Å². The van der Waals surface area contributed by atoms with Crippen molar-refractivity contribution < 1.29 is 4.79 Å². The highest BCUT2D eigenvalue weighted by atomic mass is 16.1. The minimum absolute atomic E-state index is 0.0417. The molecule has 6 nitrogen and oxygen atoms in total. The molecule has 0 spiro atoms. The summed E-state index contributed by atoms with van der Waals surface area (Å²) >= 11 is 0. The smallest absolute Gasteiger partial charge is 0.252 e. The summed E-state index contributed by atoms with van der Waals surface area (Å²) in [5.74, 6) is -0.0417. The van der Waals surface area contributed by atoms with E-state index in [0.717, 1.165) is 35.0 Å². The summed E-state index contributed by atoms with van der Waals surface area (Å²) in [7, 11) is 0. The van der Waals surface area contributed by atoms with Gasteiger partial charge in [-0.1, -0.05) is 49.6 Å². The van der Waals surface area contributed by atoms with Crippen LogP contribution in [0.1, 0.15) is 48.0 Å². The summed E-state index contributed by atoms with van der Waals surface area (Å²) in [6.07, 6.45) is 11.0. The van der Waals surface area contributed by atoms with E-state index in [9.17, 15) is 4.79 Å². The average molecular weight is 412 g/mol. The van der Waals surface area contributed by atoms with E-state index >= 15 is 0 Å². The lowest BCUT2D eigenvalue weighted by Crippen LogP contribution is -2.36. The summed E-state index contributed by atoms with van der Waals surface area (Å²) < 4.78 is 1.86. The van der Waals surface area contributed by atoms with Crippen molar-refractivity contribution in [1.29, 1.82) is 0 Å². The number of fused-ring (bicyclic) bond motifs is 1. The molecule has 1 aliphatic carbocycles. The Morgan fingerprint density at radius 2 is 1.81 bits per heavy atom. The van der Waals surface area contributed by atoms with E-state index < -0.39 is 0 Å². The van der Waals surface area contributed by atoms with Gasteiger partial charge in [0.05, 0.1) is 29.4 Å². The van der Waals surface area contributed by atoms with Gasteiger partial charge in [-0.25, -0.2) is 9.67 Å². The van der Waals surface area contributed by atoms with Crippen LogP contribution in [-0.2, 0) is 6.54 Å². The molecule has 1 N–H and O–H groups in total. The van der Waals surface area contributed by atoms with Crippen LogP contribution in [0.2, 0.25) is 0 Å². The zero-order valence-electron chi connectivity index (χ0n) is 17.4. The highest BCUT2D eigenvalue weighted by Crippen LogP contribution is 2.26. The fourth-order valence-corrected chi connectivity index (χ4v) is 4.28. The normalized spacial score (nSPS) is 14.6. The molecule has 0 atom stereocenters. The Hall–Kier alpha value is -3.54. The number of rotatable bonds is 5. The van der Waals surface area contributed by atoms with Crippen LogP contribution in [0.5, 0.6) is 0 Å². The largest absolute Gasteiger partial charge is 0.349 e. The Labute approximate surface area is 181 Å². The van der Waals surface area contributed by atoms with Crippen LogP contribution in [0.15, 0.2) is 67.1 Å². The summed E-state index contributed by atoms with van der Waals surface area (Å²) in [5.41, 5.74) is 4.19. The molecular formula is C25H25N5O. The number of hydrogen-bond acceptors (Lipinski definition) is 4. The first kappa shape index (κ1) is 19.4. The van der Waals surface area contributed by atoms with Gasteiger partial charge in [0.15, 0.2) is 5.65 Å². The van der Waals surface area contributed by atoms with E-state index in [1.54, 1.807) is 18.6 Å². The molecular weight excluding hydrogens is 386 g/mol. The zero-order chi connectivity index (χ0) is 21.0. The molecule has 3 aromatic heterocycles. The van der Waals surface area contributed by atoms with Gasteiger partial charge in [0.1, 0.15) is 0 Å². The third-order valence-electron chi connectivity index (χ3n) is 5.95. The summed E-state index contributed by atoms with van der Waals surface area (Å²) in [6.45, 7) is 0.570. The van der Waals surface area contributed by atoms with E-state index in [2.05, 4.69) is 15.4 Å². The number of pyridine rings is 2. The molecule has 3 heterocycles. The third kappa shape index (κ3) is 4.19. The van der Waals surface area contributed by atoms with Crippen molar-refractivity contribution >= 4 is 16.9 Å². The molecule has 1 saturated carbocycles. The van der Waals surface area contributed by atoms with Gasteiger partial charge >= 0.3 is 0 Å². The predicted octanol–water partition coefficient (Wildman–Crippen LogP) is 4.60. The van der Waals surface area contributed by atoms with Gasteiger partial charge in [0, 0.05) is 24.0 Å². The lowest BCUT2D eigenvalue weighted by molar-refractivity contribution is 0.0929. The molecule has 1 aliphatic rings. The highest BCUT2D eigenvalue weighted by Gasteiger charge is 2.21. The Kier molecular flexibility index (Phi) is 5.44. The fraction of sp³-hybridized carbons (Fsp3) is 0.280. The lowest BCUT2D eigenvalue weighted by Gasteiger charge is -2.23. The van der Waals surface area contributed by atoms with Gasteiger partial charge in [-0.3, -0.25) is 9.78 Å². The molecule has 0 bridgehead atoms. The monoisotopic (exact) mass is 411 g/mol. The van der Waals surface area contributed by atoms with E-state index in [1.165, 1.54) is 19.3 Å². The van der Waals surface area contributed by atoms with Crippen LogP contribution in [-0.4, -0.2) is 31.7 Å². The van der Waals surface area contributed by atoms with Gasteiger partial charge in [-0.05, 0) is 36.6 Å². The lowest BCUT2D eigenvalue weighted by atomic mass is 9.95. The van der Waals surface area contributed by atoms with Crippen LogP contribution in [0, 0.1) is 0 Å². The second kappa shape index (κ2) is 8.68. The molecule has 1 aromatic carbocycles.